The van der Waals surface area contributed by atoms with Crippen LogP contribution in [-0.2, 0) is 0 Å². The fourth-order valence-corrected chi connectivity index (χ4v) is 3.90. The fourth-order valence-electron chi connectivity index (χ4n) is 3.06. The Morgan fingerprint density at radius 1 is 1.00 bits per heavy atom. The molecule has 4 rings (SSSR count). The lowest BCUT2D eigenvalue weighted by atomic mass is 10.1. The summed E-state index contributed by atoms with van der Waals surface area (Å²) in [5.41, 5.74) is 4.99. The number of hydrogen-bond donors (Lipinski definition) is 0. The smallest absolute Gasteiger partial charge is 0.196 e. The molecular weight excluding hydrogens is 330 g/mol. The van der Waals surface area contributed by atoms with Crippen LogP contribution in [0.5, 0.6) is 0 Å². The van der Waals surface area contributed by atoms with Gasteiger partial charge in [-0.05, 0) is 31.0 Å². The maximum Gasteiger partial charge on any atom is 0.196 e. The number of carbonyl (C=O) groups is 1. The highest BCUT2D eigenvalue weighted by atomic mass is 32.2. The van der Waals surface area contributed by atoms with Gasteiger partial charge in [0, 0.05) is 10.9 Å². The third-order valence-corrected chi connectivity index (χ3v) is 5.25. The van der Waals surface area contributed by atoms with Gasteiger partial charge in [0.2, 0.25) is 0 Å². The molecule has 2 aromatic heterocycles. The van der Waals surface area contributed by atoms with Gasteiger partial charge in [-0.1, -0.05) is 60.3 Å². The van der Waals surface area contributed by atoms with Crippen molar-refractivity contribution in [1.29, 1.82) is 0 Å². The quantitative estimate of drug-likeness (QED) is 0.403. The zero-order chi connectivity index (χ0) is 17.4. The number of aryl methyl sites for hydroxylation is 2. The molecule has 124 valence electrons. The van der Waals surface area contributed by atoms with Crippen LogP contribution in [0.2, 0.25) is 0 Å². The molecule has 0 aliphatic heterocycles. The molecule has 0 amide bonds. The maximum atomic E-state index is 12.4. The van der Waals surface area contributed by atoms with E-state index < -0.39 is 0 Å². The summed E-state index contributed by atoms with van der Waals surface area (Å²) in [6.45, 7) is 4.17. The summed E-state index contributed by atoms with van der Waals surface area (Å²) in [7, 11) is 0. The Bertz CT molecular complexity index is 1090. The molecule has 0 aliphatic rings. The van der Waals surface area contributed by atoms with Crippen LogP contribution in [0.1, 0.15) is 21.5 Å². The van der Waals surface area contributed by atoms with Crippen molar-refractivity contribution in [1.82, 2.24) is 14.6 Å². The van der Waals surface area contributed by atoms with Gasteiger partial charge in [-0.3, -0.25) is 9.20 Å². The van der Waals surface area contributed by atoms with Crippen LogP contribution in [0, 0.1) is 13.8 Å². The van der Waals surface area contributed by atoms with Crippen LogP contribution in [0.15, 0.2) is 59.8 Å². The average molecular weight is 347 g/mol. The summed E-state index contributed by atoms with van der Waals surface area (Å²) >= 11 is 1.43. The van der Waals surface area contributed by atoms with E-state index in [1.165, 1.54) is 28.3 Å². The number of rotatable bonds is 4. The van der Waals surface area contributed by atoms with Gasteiger partial charge < -0.3 is 0 Å². The average Bonchev–Trinajstić information content (AvgIpc) is 3.03. The number of para-hydroxylation sites is 1. The lowest BCUT2D eigenvalue weighted by molar-refractivity contribution is 0.102. The number of benzene rings is 2. The van der Waals surface area contributed by atoms with Crippen molar-refractivity contribution >= 4 is 34.1 Å². The van der Waals surface area contributed by atoms with Gasteiger partial charge in [-0.25, -0.2) is 0 Å². The van der Waals surface area contributed by atoms with Crippen molar-refractivity contribution < 1.29 is 4.79 Å². The van der Waals surface area contributed by atoms with Crippen molar-refractivity contribution in [2.24, 2.45) is 0 Å². The number of aromatic nitrogens is 3. The Labute approximate surface area is 149 Å². The maximum absolute atomic E-state index is 12.4. The summed E-state index contributed by atoms with van der Waals surface area (Å²) in [4.78, 5) is 12.4. The summed E-state index contributed by atoms with van der Waals surface area (Å²) in [6, 6.07) is 17.7. The number of thioether (sulfide) groups is 1. The topological polar surface area (TPSA) is 47.3 Å². The molecule has 4 aromatic rings. The molecule has 0 atom stereocenters. The normalized spacial score (nSPS) is 11.3. The second-order valence-electron chi connectivity index (χ2n) is 6.05. The monoisotopic (exact) mass is 347 g/mol. The third-order valence-electron chi connectivity index (χ3n) is 4.32. The first-order valence-electron chi connectivity index (χ1n) is 8.10. The first-order chi connectivity index (χ1) is 12.1. The van der Waals surface area contributed by atoms with Crippen LogP contribution in [-0.4, -0.2) is 26.1 Å². The van der Waals surface area contributed by atoms with Crippen molar-refractivity contribution in [3.63, 3.8) is 0 Å². The highest BCUT2D eigenvalue weighted by molar-refractivity contribution is 7.99. The minimum Gasteiger partial charge on any atom is -0.293 e. The molecule has 4 nitrogen and oxygen atoms in total. The Balaban J connectivity index is 1.75. The molecule has 0 fully saturated rings. The molecule has 0 aliphatic carbocycles. The van der Waals surface area contributed by atoms with Gasteiger partial charge in [-0.15, -0.1) is 10.2 Å². The molecular formula is C20H17N3OS. The third kappa shape index (κ3) is 2.81. The predicted molar refractivity (Wildman–Crippen MR) is 101 cm³/mol. The van der Waals surface area contributed by atoms with E-state index in [1.807, 2.05) is 36.4 Å². The van der Waals surface area contributed by atoms with E-state index in [2.05, 4.69) is 46.6 Å². The van der Waals surface area contributed by atoms with Gasteiger partial charge in [0.15, 0.2) is 16.6 Å². The van der Waals surface area contributed by atoms with Crippen LogP contribution < -0.4 is 0 Å². The highest BCUT2D eigenvalue weighted by Crippen LogP contribution is 2.28. The molecule has 0 radical (unpaired) electrons. The largest absolute Gasteiger partial charge is 0.293 e. The first-order valence-corrected chi connectivity index (χ1v) is 9.09. The van der Waals surface area contributed by atoms with E-state index in [4.69, 9.17) is 0 Å². The second-order valence-corrected chi connectivity index (χ2v) is 6.99. The lowest BCUT2D eigenvalue weighted by Gasteiger charge is -2.09. The number of hydrogen-bond acceptors (Lipinski definition) is 4. The van der Waals surface area contributed by atoms with Crippen LogP contribution in [0.3, 0.4) is 0 Å². The Morgan fingerprint density at radius 3 is 2.60 bits per heavy atom. The summed E-state index contributed by atoms with van der Waals surface area (Å²) < 4.78 is 2.06. The Kier molecular flexibility index (Phi) is 4.01. The second kappa shape index (κ2) is 6.33. The Hall–Kier alpha value is -2.66. The predicted octanol–water partition coefficient (Wildman–Crippen LogP) is 4.47. The van der Waals surface area contributed by atoms with Gasteiger partial charge in [0.25, 0.3) is 0 Å². The summed E-state index contributed by atoms with van der Waals surface area (Å²) in [5.74, 6) is 0.432. The van der Waals surface area contributed by atoms with Crippen molar-refractivity contribution in [3.05, 3.63) is 71.3 Å². The minimum absolute atomic E-state index is 0.0930. The van der Waals surface area contributed by atoms with E-state index >= 15 is 0 Å². The summed E-state index contributed by atoms with van der Waals surface area (Å²) in [6.07, 6.45) is 0. The lowest BCUT2D eigenvalue weighted by Crippen LogP contribution is -2.03. The molecule has 0 spiro atoms. The van der Waals surface area contributed by atoms with Crippen molar-refractivity contribution in [2.75, 3.05) is 5.75 Å². The van der Waals surface area contributed by atoms with Crippen LogP contribution in [0.4, 0.5) is 0 Å². The zero-order valence-electron chi connectivity index (χ0n) is 14.1. The minimum atomic E-state index is 0.0930. The first kappa shape index (κ1) is 15.8. The van der Waals surface area contributed by atoms with Crippen LogP contribution in [0.25, 0.3) is 16.6 Å². The number of pyridine rings is 1. The van der Waals surface area contributed by atoms with Gasteiger partial charge >= 0.3 is 0 Å². The zero-order valence-corrected chi connectivity index (χ0v) is 14.9. The molecule has 5 heteroatoms. The van der Waals surface area contributed by atoms with Gasteiger partial charge in [0.05, 0.1) is 11.3 Å². The number of fused-ring (bicyclic) bond motifs is 3. The van der Waals surface area contributed by atoms with E-state index in [0.29, 0.717) is 5.75 Å². The van der Waals surface area contributed by atoms with Crippen molar-refractivity contribution in [3.8, 4) is 0 Å². The molecule has 2 heterocycles. The number of nitrogens with zero attached hydrogens (tertiary/aromatic N) is 3. The number of ketones is 1. The molecule has 25 heavy (non-hydrogen) atoms. The molecule has 0 saturated heterocycles. The number of Topliss-reactive ketones (excluding diaryl/α,β-unsaturated/α-hetero) is 1. The Morgan fingerprint density at radius 2 is 1.80 bits per heavy atom. The molecule has 0 unspecified atom stereocenters. The fraction of sp³-hybridized carbons (Fsp3) is 0.150. The van der Waals surface area contributed by atoms with Crippen LogP contribution >= 0.6 is 11.8 Å². The highest BCUT2D eigenvalue weighted by Gasteiger charge is 2.15. The summed E-state index contributed by atoms with van der Waals surface area (Å²) in [5, 5.41) is 10.6. The van der Waals surface area contributed by atoms with Crippen molar-refractivity contribution in [2.45, 2.75) is 19.0 Å². The van der Waals surface area contributed by atoms with E-state index in [9.17, 15) is 4.79 Å². The molecule has 0 saturated carbocycles. The van der Waals surface area contributed by atoms with E-state index in [-0.39, 0.29) is 5.78 Å². The van der Waals surface area contributed by atoms with E-state index in [1.54, 1.807) is 0 Å². The number of carbonyl (C=O) groups excluding carboxylic acids is 1. The molecule has 0 N–H and O–H groups in total. The molecule has 2 aromatic carbocycles. The van der Waals surface area contributed by atoms with Gasteiger partial charge in [-0.2, -0.15) is 0 Å². The van der Waals surface area contributed by atoms with Gasteiger partial charge in [0.1, 0.15) is 0 Å². The standard InChI is InChI=1S/C20H17N3OS/c1-13-7-6-10-16-14(2)11-18-21-22-20(23(18)19(13)16)25-12-17(24)15-8-4-3-5-9-15/h3-11H,12H2,1-2H3. The molecule has 0 bridgehead atoms. The SMILES string of the molecule is Cc1cc2nnc(SCC(=O)c3ccccc3)n2c2c(C)cccc12. The van der Waals surface area contributed by atoms with E-state index in [0.717, 1.165) is 21.9 Å².